The first-order valence-electron chi connectivity index (χ1n) is 9.26. The number of hydrogen-bond donors (Lipinski definition) is 1. The highest BCUT2D eigenvalue weighted by molar-refractivity contribution is 5.97. The molecule has 30 heavy (non-hydrogen) atoms. The fourth-order valence-electron chi connectivity index (χ4n) is 2.96. The van der Waals surface area contributed by atoms with Gasteiger partial charge in [0.2, 0.25) is 0 Å². The first-order chi connectivity index (χ1) is 14.1. The highest BCUT2D eigenvalue weighted by Gasteiger charge is 2.16. The molecular formula is C23H24ClNO5. The zero-order valence-electron chi connectivity index (χ0n) is 16.8. The molecule has 1 heterocycles. The van der Waals surface area contributed by atoms with Gasteiger partial charge in [0.15, 0.2) is 0 Å². The lowest BCUT2D eigenvalue weighted by Gasteiger charge is -2.07. The maximum atomic E-state index is 11.9. The Kier molecular flexibility index (Phi) is 8.65. The molecule has 0 amide bonds. The topological polar surface area (TPSA) is 77.8 Å². The molecule has 158 valence electrons. The number of carbonyl (C=O) groups excluding carboxylic acids is 2. The molecule has 7 heteroatoms. The number of halogens is 1. The lowest BCUT2D eigenvalue weighted by atomic mass is 10.0. The van der Waals surface area contributed by atoms with Crippen molar-refractivity contribution in [1.29, 1.82) is 0 Å². The zero-order valence-corrected chi connectivity index (χ0v) is 17.7. The van der Waals surface area contributed by atoms with Crippen LogP contribution in [0.4, 0.5) is 0 Å². The van der Waals surface area contributed by atoms with Crippen LogP contribution in [0.5, 0.6) is 0 Å². The van der Waals surface area contributed by atoms with Gasteiger partial charge in [0, 0.05) is 5.56 Å². The monoisotopic (exact) mass is 429 g/mol. The second-order valence-electron chi connectivity index (χ2n) is 6.46. The number of methoxy groups -OCH3 is 2. The molecular weight excluding hydrogens is 406 g/mol. The van der Waals surface area contributed by atoms with E-state index in [0.29, 0.717) is 17.9 Å². The highest BCUT2D eigenvalue weighted by atomic mass is 35.5. The molecule has 6 nitrogen and oxygen atoms in total. The van der Waals surface area contributed by atoms with E-state index in [2.05, 4.69) is 17.4 Å². The molecule has 0 unspecified atom stereocenters. The molecule has 0 radical (unpaired) electrons. The van der Waals surface area contributed by atoms with Gasteiger partial charge in [0.05, 0.1) is 31.9 Å². The standard InChI is InChI=1S/C23H23NO5.ClH/c1-27-22(25)18-12-17(13-19(14-18)23(26)28-2)21-9-8-20(29-21)15-24-11-10-16-6-4-3-5-7-16;/h3-9,12-14,24H,10-11,15H2,1-2H3;1H. The normalized spacial score (nSPS) is 10.2. The summed E-state index contributed by atoms with van der Waals surface area (Å²) in [6, 6.07) is 18.6. The van der Waals surface area contributed by atoms with Gasteiger partial charge in [0.25, 0.3) is 0 Å². The summed E-state index contributed by atoms with van der Waals surface area (Å²) in [4.78, 5) is 23.9. The Bertz CT molecular complexity index is 950. The van der Waals surface area contributed by atoms with E-state index >= 15 is 0 Å². The van der Waals surface area contributed by atoms with Crippen molar-refractivity contribution >= 4 is 24.3 Å². The molecule has 3 aromatic rings. The first-order valence-corrected chi connectivity index (χ1v) is 9.26. The van der Waals surface area contributed by atoms with Crippen molar-refractivity contribution in [2.45, 2.75) is 13.0 Å². The Hall–Kier alpha value is -3.09. The van der Waals surface area contributed by atoms with Crippen molar-refractivity contribution in [3.05, 3.63) is 83.1 Å². The average molecular weight is 430 g/mol. The van der Waals surface area contributed by atoms with E-state index in [4.69, 9.17) is 13.9 Å². The second kappa shape index (κ2) is 11.2. The van der Waals surface area contributed by atoms with E-state index < -0.39 is 11.9 Å². The number of benzene rings is 2. The van der Waals surface area contributed by atoms with E-state index in [1.54, 1.807) is 12.1 Å². The van der Waals surface area contributed by atoms with Gasteiger partial charge in [-0.2, -0.15) is 0 Å². The minimum absolute atomic E-state index is 0. The molecule has 3 rings (SSSR count). The Labute approximate surface area is 181 Å². The van der Waals surface area contributed by atoms with Gasteiger partial charge >= 0.3 is 11.9 Å². The molecule has 0 spiro atoms. The van der Waals surface area contributed by atoms with Crippen molar-refractivity contribution < 1.29 is 23.5 Å². The quantitative estimate of drug-likeness (QED) is 0.425. The van der Waals surface area contributed by atoms with Crippen molar-refractivity contribution in [2.24, 2.45) is 0 Å². The molecule has 0 saturated heterocycles. The van der Waals surface area contributed by atoms with Gasteiger partial charge in [-0.1, -0.05) is 30.3 Å². The summed E-state index contributed by atoms with van der Waals surface area (Å²) in [6.45, 7) is 1.40. The number of esters is 2. The van der Waals surface area contributed by atoms with Crippen LogP contribution in [0.15, 0.2) is 65.1 Å². The van der Waals surface area contributed by atoms with Crippen LogP contribution in [0.2, 0.25) is 0 Å². The lowest BCUT2D eigenvalue weighted by Crippen LogP contribution is -2.16. The predicted octanol–water partition coefficient (Wildman–Crippen LogP) is 4.27. The van der Waals surface area contributed by atoms with Crippen molar-refractivity contribution in [3.63, 3.8) is 0 Å². The van der Waals surface area contributed by atoms with Gasteiger partial charge in [0.1, 0.15) is 11.5 Å². The zero-order chi connectivity index (χ0) is 20.6. The van der Waals surface area contributed by atoms with Gasteiger partial charge in [-0.3, -0.25) is 0 Å². The van der Waals surface area contributed by atoms with Crippen LogP contribution in [-0.4, -0.2) is 32.7 Å². The molecule has 0 saturated carbocycles. The van der Waals surface area contributed by atoms with E-state index in [-0.39, 0.29) is 23.5 Å². The molecule has 1 aromatic heterocycles. The minimum Gasteiger partial charge on any atom is -0.465 e. The summed E-state index contributed by atoms with van der Waals surface area (Å²) >= 11 is 0. The van der Waals surface area contributed by atoms with Gasteiger partial charge in [-0.05, 0) is 48.9 Å². The Morgan fingerprint density at radius 3 is 2.13 bits per heavy atom. The Morgan fingerprint density at radius 2 is 1.53 bits per heavy atom. The largest absolute Gasteiger partial charge is 0.465 e. The molecule has 1 N–H and O–H groups in total. The smallest absolute Gasteiger partial charge is 0.337 e. The Morgan fingerprint density at radius 1 is 0.900 bits per heavy atom. The summed E-state index contributed by atoms with van der Waals surface area (Å²) in [5.74, 6) is 0.245. The molecule has 0 aliphatic rings. The maximum absolute atomic E-state index is 11.9. The summed E-state index contributed by atoms with van der Waals surface area (Å²) in [7, 11) is 2.58. The number of nitrogens with one attached hydrogen (secondary N) is 1. The van der Waals surface area contributed by atoms with Crippen LogP contribution >= 0.6 is 12.4 Å². The molecule has 0 fully saturated rings. The van der Waals surface area contributed by atoms with Crippen LogP contribution in [0.25, 0.3) is 11.3 Å². The van der Waals surface area contributed by atoms with Gasteiger partial charge in [-0.15, -0.1) is 12.4 Å². The lowest BCUT2D eigenvalue weighted by molar-refractivity contribution is 0.0599. The fraction of sp³-hybridized carbons (Fsp3) is 0.217. The third-order valence-electron chi connectivity index (χ3n) is 4.45. The van der Waals surface area contributed by atoms with Gasteiger partial charge < -0.3 is 19.2 Å². The fourth-order valence-corrected chi connectivity index (χ4v) is 2.96. The van der Waals surface area contributed by atoms with Crippen LogP contribution in [0.3, 0.4) is 0 Å². The second-order valence-corrected chi connectivity index (χ2v) is 6.46. The van der Waals surface area contributed by atoms with Crippen molar-refractivity contribution in [3.8, 4) is 11.3 Å². The third-order valence-corrected chi connectivity index (χ3v) is 4.45. The molecule has 0 aliphatic carbocycles. The van der Waals surface area contributed by atoms with Gasteiger partial charge in [-0.25, -0.2) is 9.59 Å². The number of furan rings is 1. The van der Waals surface area contributed by atoms with Crippen LogP contribution < -0.4 is 5.32 Å². The van der Waals surface area contributed by atoms with E-state index in [9.17, 15) is 9.59 Å². The number of hydrogen-bond acceptors (Lipinski definition) is 6. The predicted molar refractivity (Wildman–Crippen MR) is 116 cm³/mol. The van der Waals surface area contributed by atoms with Crippen molar-refractivity contribution in [1.82, 2.24) is 5.32 Å². The first kappa shape index (κ1) is 23.2. The third kappa shape index (κ3) is 5.95. The van der Waals surface area contributed by atoms with Crippen LogP contribution in [0, 0.1) is 0 Å². The summed E-state index contributed by atoms with van der Waals surface area (Å²) in [5, 5.41) is 3.35. The van der Waals surface area contributed by atoms with E-state index in [1.807, 2.05) is 30.3 Å². The van der Waals surface area contributed by atoms with Crippen LogP contribution in [0.1, 0.15) is 32.0 Å². The van der Waals surface area contributed by atoms with Crippen molar-refractivity contribution in [2.75, 3.05) is 20.8 Å². The highest BCUT2D eigenvalue weighted by Crippen LogP contribution is 2.25. The number of rotatable bonds is 8. The SMILES string of the molecule is COC(=O)c1cc(C(=O)OC)cc(-c2ccc(CNCCc3ccccc3)o2)c1.Cl. The summed E-state index contributed by atoms with van der Waals surface area (Å²) in [5.41, 5.74) is 2.38. The van der Waals surface area contributed by atoms with E-state index in [0.717, 1.165) is 18.7 Å². The minimum atomic E-state index is -0.536. The maximum Gasteiger partial charge on any atom is 0.337 e. The Balaban J connectivity index is 0.00000320. The molecule has 0 atom stereocenters. The number of carbonyl (C=O) groups is 2. The average Bonchev–Trinajstić information content (AvgIpc) is 3.25. The van der Waals surface area contributed by atoms with E-state index in [1.165, 1.54) is 25.8 Å². The molecule has 0 aliphatic heterocycles. The van der Waals surface area contributed by atoms with Crippen LogP contribution in [-0.2, 0) is 22.4 Å². The molecule has 0 bridgehead atoms. The molecule has 2 aromatic carbocycles. The summed E-state index contributed by atoms with van der Waals surface area (Å²) < 4.78 is 15.4. The summed E-state index contributed by atoms with van der Waals surface area (Å²) in [6.07, 6.45) is 0.929. The number of ether oxygens (including phenoxy) is 2.